The molecule has 0 radical (unpaired) electrons. The number of nitrogen functional groups attached to an aromatic ring is 1. The molecule has 0 saturated heterocycles. The molecule has 4 N–H and O–H groups in total. The molecular weight excluding hydrogens is 231 g/mol. The number of rotatable bonds is 4. The molecule has 0 aromatic heterocycles. The summed E-state index contributed by atoms with van der Waals surface area (Å²) in [4.78, 5) is 0. The number of benzene rings is 2. The topological polar surface area (TPSA) is 58.3 Å². The lowest BCUT2D eigenvalue weighted by molar-refractivity contribution is 0.299. The van der Waals surface area contributed by atoms with Gasteiger partial charge in [0.2, 0.25) is 0 Å². The normalized spacial score (nSPS) is 10.3. The van der Waals surface area contributed by atoms with Crippen molar-refractivity contribution in [3.05, 3.63) is 53.8 Å². The van der Waals surface area contributed by atoms with Crippen molar-refractivity contribution >= 4 is 17.1 Å². The summed E-state index contributed by atoms with van der Waals surface area (Å²) in [6.07, 6.45) is 0.638. The van der Waals surface area contributed by atoms with E-state index in [1.165, 1.54) is 12.1 Å². The SMILES string of the molecule is Nc1cc(F)ccc1Nc1ccc(CCO)cc1. The van der Waals surface area contributed by atoms with Crippen molar-refractivity contribution < 1.29 is 9.50 Å². The average molecular weight is 246 g/mol. The van der Waals surface area contributed by atoms with E-state index >= 15 is 0 Å². The monoisotopic (exact) mass is 246 g/mol. The van der Waals surface area contributed by atoms with E-state index < -0.39 is 0 Å². The number of aliphatic hydroxyl groups excluding tert-OH is 1. The molecule has 94 valence electrons. The van der Waals surface area contributed by atoms with Gasteiger partial charge in [-0.05, 0) is 42.3 Å². The summed E-state index contributed by atoms with van der Waals surface area (Å²) in [5.41, 5.74) is 8.69. The molecular formula is C14H15FN2O. The van der Waals surface area contributed by atoms with E-state index in [2.05, 4.69) is 5.32 Å². The molecule has 0 spiro atoms. The first-order valence-electron chi connectivity index (χ1n) is 5.71. The summed E-state index contributed by atoms with van der Waals surface area (Å²) < 4.78 is 12.9. The van der Waals surface area contributed by atoms with Crippen LogP contribution in [0.2, 0.25) is 0 Å². The summed E-state index contributed by atoms with van der Waals surface area (Å²) >= 11 is 0. The second kappa shape index (κ2) is 5.51. The van der Waals surface area contributed by atoms with Crippen molar-refractivity contribution in [2.75, 3.05) is 17.7 Å². The third-order valence-electron chi connectivity index (χ3n) is 2.65. The second-order valence-electron chi connectivity index (χ2n) is 4.03. The molecule has 0 atom stereocenters. The number of nitrogens with one attached hydrogen (secondary N) is 1. The molecule has 3 nitrogen and oxygen atoms in total. The summed E-state index contributed by atoms with van der Waals surface area (Å²) in [5.74, 6) is -0.351. The highest BCUT2D eigenvalue weighted by molar-refractivity contribution is 5.72. The minimum Gasteiger partial charge on any atom is -0.397 e. The predicted octanol–water partition coefficient (Wildman–Crippen LogP) is 2.69. The first-order chi connectivity index (χ1) is 8.69. The van der Waals surface area contributed by atoms with Crippen molar-refractivity contribution in [1.29, 1.82) is 0 Å². The van der Waals surface area contributed by atoms with Crippen LogP contribution in [0.25, 0.3) is 0 Å². The van der Waals surface area contributed by atoms with Gasteiger partial charge < -0.3 is 16.2 Å². The minimum absolute atomic E-state index is 0.137. The van der Waals surface area contributed by atoms with Crippen LogP contribution in [0.1, 0.15) is 5.56 Å². The molecule has 0 aliphatic heterocycles. The Morgan fingerprint density at radius 2 is 1.83 bits per heavy atom. The van der Waals surface area contributed by atoms with Gasteiger partial charge in [0.1, 0.15) is 5.82 Å². The lowest BCUT2D eigenvalue weighted by Crippen LogP contribution is -1.97. The van der Waals surface area contributed by atoms with Crippen LogP contribution in [0.3, 0.4) is 0 Å². The van der Waals surface area contributed by atoms with E-state index in [0.29, 0.717) is 17.8 Å². The van der Waals surface area contributed by atoms with Crippen LogP contribution < -0.4 is 11.1 Å². The van der Waals surface area contributed by atoms with Crippen molar-refractivity contribution in [1.82, 2.24) is 0 Å². The van der Waals surface area contributed by atoms with E-state index in [1.807, 2.05) is 24.3 Å². The van der Waals surface area contributed by atoms with Crippen LogP contribution in [-0.4, -0.2) is 11.7 Å². The Labute approximate surface area is 105 Å². The highest BCUT2D eigenvalue weighted by Gasteiger charge is 2.01. The minimum atomic E-state index is -0.351. The number of hydrogen-bond acceptors (Lipinski definition) is 3. The first kappa shape index (κ1) is 12.4. The van der Waals surface area contributed by atoms with E-state index in [1.54, 1.807) is 6.07 Å². The summed E-state index contributed by atoms with van der Waals surface area (Å²) in [6.45, 7) is 0.137. The van der Waals surface area contributed by atoms with Gasteiger partial charge in [-0.25, -0.2) is 4.39 Å². The maximum atomic E-state index is 12.9. The van der Waals surface area contributed by atoms with Gasteiger partial charge >= 0.3 is 0 Å². The summed E-state index contributed by atoms with van der Waals surface area (Å²) in [7, 11) is 0. The van der Waals surface area contributed by atoms with Gasteiger partial charge in [-0.15, -0.1) is 0 Å². The fraction of sp³-hybridized carbons (Fsp3) is 0.143. The Morgan fingerprint density at radius 3 is 2.44 bits per heavy atom. The van der Waals surface area contributed by atoms with Gasteiger partial charge in [0.15, 0.2) is 0 Å². The van der Waals surface area contributed by atoms with Crippen LogP contribution in [0.15, 0.2) is 42.5 Å². The smallest absolute Gasteiger partial charge is 0.125 e. The molecule has 4 heteroatoms. The summed E-state index contributed by atoms with van der Waals surface area (Å²) in [5, 5.41) is 11.9. The third kappa shape index (κ3) is 2.99. The zero-order valence-electron chi connectivity index (χ0n) is 9.86. The lowest BCUT2D eigenvalue weighted by Gasteiger charge is -2.09. The summed E-state index contributed by atoms with van der Waals surface area (Å²) in [6, 6.07) is 11.9. The van der Waals surface area contributed by atoms with Gasteiger partial charge in [0.05, 0.1) is 11.4 Å². The molecule has 2 rings (SSSR count). The first-order valence-corrected chi connectivity index (χ1v) is 5.71. The highest BCUT2D eigenvalue weighted by Crippen LogP contribution is 2.23. The fourth-order valence-electron chi connectivity index (χ4n) is 1.69. The maximum Gasteiger partial charge on any atom is 0.125 e. The number of nitrogens with two attached hydrogens (primary N) is 1. The Morgan fingerprint density at radius 1 is 1.11 bits per heavy atom. The van der Waals surface area contributed by atoms with Crippen molar-refractivity contribution in [2.24, 2.45) is 0 Å². The Hall–Kier alpha value is -2.07. The number of halogens is 1. The Bertz CT molecular complexity index is 526. The number of hydrogen-bond donors (Lipinski definition) is 3. The van der Waals surface area contributed by atoms with Crippen LogP contribution in [-0.2, 0) is 6.42 Å². The van der Waals surface area contributed by atoms with Crippen molar-refractivity contribution in [3.63, 3.8) is 0 Å². The van der Waals surface area contributed by atoms with Crippen LogP contribution in [0.5, 0.6) is 0 Å². The fourth-order valence-corrected chi connectivity index (χ4v) is 1.69. The zero-order chi connectivity index (χ0) is 13.0. The van der Waals surface area contributed by atoms with Crippen LogP contribution >= 0.6 is 0 Å². The van der Waals surface area contributed by atoms with Crippen LogP contribution in [0, 0.1) is 5.82 Å². The Balaban J connectivity index is 2.13. The van der Waals surface area contributed by atoms with Gasteiger partial charge in [-0.3, -0.25) is 0 Å². The van der Waals surface area contributed by atoms with Gasteiger partial charge in [-0.1, -0.05) is 12.1 Å². The largest absolute Gasteiger partial charge is 0.397 e. The zero-order valence-corrected chi connectivity index (χ0v) is 9.86. The molecule has 18 heavy (non-hydrogen) atoms. The Kier molecular flexibility index (Phi) is 3.79. The predicted molar refractivity (Wildman–Crippen MR) is 71.3 cm³/mol. The molecule has 0 amide bonds. The highest BCUT2D eigenvalue weighted by atomic mass is 19.1. The third-order valence-corrected chi connectivity index (χ3v) is 2.65. The molecule has 0 heterocycles. The molecule has 0 bridgehead atoms. The molecule has 0 fully saturated rings. The van der Waals surface area contributed by atoms with Crippen LogP contribution in [0.4, 0.5) is 21.5 Å². The molecule has 0 unspecified atom stereocenters. The maximum absolute atomic E-state index is 12.9. The van der Waals surface area contributed by atoms with Gasteiger partial charge in [0.25, 0.3) is 0 Å². The van der Waals surface area contributed by atoms with E-state index in [-0.39, 0.29) is 12.4 Å². The second-order valence-corrected chi connectivity index (χ2v) is 4.03. The molecule has 2 aromatic carbocycles. The standard InChI is InChI=1S/C14H15FN2O/c15-11-3-6-14(13(16)9-11)17-12-4-1-10(2-5-12)7-8-18/h1-6,9,17-18H,7-8,16H2. The van der Waals surface area contributed by atoms with E-state index in [9.17, 15) is 4.39 Å². The molecule has 0 saturated carbocycles. The average Bonchev–Trinajstić information content (AvgIpc) is 2.35. The molecule has 0 aliphatic carbocycles. The molecule has 0 aliphatic rings. The van der Waals surface area contributed by atoms with Crippen molar-refractivity contribution in [3.8, 4) is 0 Å². The van der Waals surface area contributed by atoms with Crippen molar-refractivity contribution in [2.45, 2.75) is 6.42 Å². The number of aliphatic hydroxyl groups is 1. The molecule has 2 aromatic rings. The van der Waals surface area contributed by atoms with E-state index in [0.717, 1.165) is 11.3 Å². The number of anilines is 3. The lowest BCUT2D eigenvalue weighted by atomic mass is 10.1. The van der Waals surface area contributed by atoms with Gasteiger partial charge in [0, 0.05) is 12.3 Å². The van der Waals surface area contributed by atoms with E-state index in [4.69, 9.17) is 10.8 Å². The quantitative estimate of drug-likeness (QED) is 0.727. The van der Waals surface area contributed by atoms with Gasteiger partial charge in [-0.2, -0.15) is 0 Å².